The predicted molar refractivity (Wildman–Crippen MR) is 166 cm³/mol. The van der Waals surface area contributed by atoms with Crippen molar-refractivity contribution in [3.63, 3.8) is 0 Å². The molecule has 2 aliphatic heterocycles. The van der Waals surface area contributed by atoms with E-state index in [4.69, 9.17) is 4.74 Å². The first-order valence-electron chi connectivity index (χ1n) is 15.4. The highest BCUT2D eigenvalue weighted by molar-refractivity contribution is 7.87. The quantitative estimate of drug-likeness (QED) is 0.477. The third-order valence-electron chi connectivity index (χ3n) is 9.55. The Hall–Kier alpha value is -2.92. The molecule has 2 aromatic carbocycles. The number of hydrogen-bond donors (Lipinski definition) is 1. The number of fused-ring (bicyclic) bond motifs is 4. The second-order valence-corrected chi connectivity index (χ2v) is 13.9. The Morgan fingerprint density at radius 3 is 2.52 bits per heavy atom. The Morgan fingerprint density at radius 1 is 0.976 bits per heavy atom. The van der Waals surface area contributed by atoms with Gasteiger partial charge in [-0.3, -0.25) is 9.69 Å². The Morgan fingerprint density at radius 2 is 1.74 bits per heavy atom. The molecule has 1 saturated carbocycles. The number of nitrogens with one attached hydrogen (secondary N) is 1. The van der Waals surface area contributed by atoms with Gasteiger partial charge in [0, 0.05) is 61.8 Å². The number of benzene rings is 2. The van der Waals surface area contributed by atoms with Crippen LogP contribution in [0.3, 0.4) is 0 Å². The Balaban J connectivity index is 1.56. The summed E-state index contributed by atoms with van der Waals surface area (Å²) in [5.41, 5.74) is 4.90. The fourth-order valence-corrected chi connectivity index (χ4v) is 7.70. The lowest BCUT2D eigenvalue weighted by molar-refractivity contribution is 0.0979. The SMILES string of the molecule is CCN1CCN(C)[C@H]2COc3ccccc3-c3c(C4CCCCC4)c4ccc(cc4n3C2)C(=O)NS(=O)(=O)N(C)CC1. The van der Waals surface area contributed by atoms with E-state index in [9.17, 15) is 13.2 Å². The van der Waals surface area contributed by atoms with E-state index in [2.05, 4.69) is 51.3 Å². The Kier molecular flexibility index (Phi) is 8.33. The molecule has 1 atom stereocenters. The highest BCUT2D eigenvalue weighted by Crippen LogP contribution is 2.47. The number of carbonyl (C=O) groups is 1. The van der Waals surface area contributed by atoms with Crippen molar-refractivity contribution in [1.29, 1.82) is 0 Å². The topological polar surface area (TPSA) is 87.1 Å². The van der Waals surface area contributed by atoms with Crippen LogP contribution in [-0.2, 0) is 16.8 Å². The molecule has 9 nitrogen and oxygen atoms in total. The molecular weight excluding hydrogens is 550 g/mol. The molecule has 1 amide bonds. The molecule has 6 rings (SSSR count). The van der Waals surface area contributed by atoms with Gasteiger partial charge in [0.2, 0.25) is 0 Å². The van der Waals surface area contributed by atoms with Crippen LogP contribution in [0.1, 0.15) is 60.9 Å². The van der Waals surface area contributed by atoms with Crippen molar-refractivity contribution in [2.75, 3.05) is 53.4 Å². The second-order valence-electron chi connectivity index (χ2n) is 12.1. The average molecular weight is 594 g/mol. The molecule has 1 N–H and O–H groups in total. The van der Waals surface area contributed by atoms with Gasteiger partial charge in [-0.05, 0) is 62.2 Å². The molecule has 226 valence electrons. The van der Waals surface area contributed by atoms with E-state index >= 15 is 0 Å². The zero-order chi connectivity index (χ0) is 29.4. The van der Waals surface area contributed by atoms with Crippen LogP contribution in [0.2, 0.25) is 0 Å². The van der Waals surface area contributed by atoms with Gasteiger partial charge >= 0.3 is 10.2 Å². The molecule has 3 aromatic rings. The number of nitrogens with zero attached hydrogens (tertiary/aromatic N) is 4. The van der Waals surface area contributed by atoms with Gasteiger partial charge in [-0.1, -0.05) is 44.4 Å². The summed E-state index contributed by atoms with van der Waals surface area (Å²) in [5, 5.41) is 1.14. The monoisotopic (exact) mass is 593 g/mol. The third-order valence-corrected chi connectivity index (χ3v) is 11.0. The first kappa shape index (κ1) is 29.2. The number of aromatic nitrogens is 1. The second kappa shape index (κ2) is 12.0. The number of hydrogen-bond acceptors (Lipinski definition) is 6. The number of likely N-dealkylation sites (N-methyl/N-ethyl adjacent to an activating group) is 3. The third kappa shape index (κ3) is 5.57. The van der Waals surface area contributed by atoms with Gasteiger partial charge in [-0.25, -0.2) is 4.72 Å². The van der Waals surface area contributed by atoms with Crippen LogP contribution in [0.5, 0.6) is 5.75 Å². The van der Waals surface area contributed by atoms with Crippen LogP contribution in [-0.4, -0.2) is 92.5 Å². The molecule has 3 aliphatic rings. The first-order chi connectivity index (χ1) is 20.3. The molecule has 1 fully saturated rings. The molecule has 0 radical (unpaired) electrons. The van der Waals surface area contributed by atoms with Crippen molar-refractivity contribution in [3.8, 4) is 17.0 Å². The number of rotatable bonds is 2. The van der Waals surface area contributed by atoms with Crippen LogP contribution in [0.15, 0.2) is 42.5 Å². The van der Waals surface area contributed by atoms with Gasteiger partial charge in [-0.15, -0.1) is 0 Å². The van der Waals surface area contributed by atoms with Crippen molar-refractivity contribution in [2.45, 2.75) is 57.5 Å². The summed E-state index contributed by atoms with van der Waals surface area (Å²) in [4.78, 5) is 18.0. The van der Waals surface area contributed by atoms with E-state index < -0.39 is 16.1 Å². The number of carbonyl (C=O) groups excluding carboxylic acids is 1. The van der Waals surface area contributed by atoms with Crippen molar-refractivity contribution in [2.24, 2.45) is 0 Å². The maximum absolute atomic E-state index is 13.4. The largest absolute Gasteiger partial charge is 0.491 e. The summed E-state index contributed by atoms with van der Waals surface area (Å²) >= 11 is 0. The van der Waals surface area contributed by atoms with Crippen LogP contribution in [0.25, 0.3) is 22.2 Å². The summed E-state index contributed by atoms with van der Waals surface area (Å²) < 4.78 is 38.7. The lowest BCUT2D eigenvalue weighted by Gasteiger charge is -2.34. The Labute approximate surface area is 249 Å². The standard InChI is InChI=1S/C32H43N5O4S/c1-4-36-18-16-34(2)25-21-37-28-20-24(32(38)33-42(39,40)35(3)17-19-36)14-15-26(28)30(23-10-6-5-7-11-23)31(37)27-12-8-9-13-29(27)41-22-25/h8-9,12-15,20,23,25H,4-7,10-11,16-19,21-22H2,1-3H3,(H,33,38)/t25-/m1/s1. The van der Waals surface area contributed by atoms with Crippen LogP contribution in [0, 0.1) is 0 Å². The van der Waals surface area contributed by atoms with Gasteiger partial charge in [0.1, 0.15) is 12.4 Å². The Bertz CT molecular complexity index is 1560. The van der Waals surface area contributed by atoms with Gasteiger partial charge in [0.15, 0.2) is 0 Å². The fraction of sp³-hybridized carbons (Fsp3) is 0.531. The van der Waals surface area contributed by atoms with E-state index in [1.165, 1.54) is 41.9 Å². The minimum atomic E-state index is -3.99. The molecular formula is C32H43N5O4S. The number of amides is 1. The van der Waals surface area contributed by atoms with E-state index in [0.717, 1.165) is 54.7 Å². The first-order valence-corrected chi connectivity index (χ1v) is 16.8. The van der Waals surface area contributed by atoms with Gasteiger partial charge in [0.25, 0.3) is 5.91 Å². The summed E-state index contributed by atoms with van der Waals surface area (Å²) in [6, 6.07) is 14.1. The summed E-state index contributed by atoms with van der Waals surface area (Å²) in [5.74, 6) is 0.691. The molecule has 42 heavy (non-hydrogen) atoms. The molecule has 3 heterocycles. The summed E-state index contributed by atoms with van der Waals surface area (Å²) in [6.45, 7) is 6.66. The predicted octanol–water partition coefficient (Wildman–Crippen LogP) is 4.29. The van der Waals surface area contributed by atoms with Crippen LogP contribution < -0.4 is 9.46 Å². The van der Waals surface area contributed by atoms with E-state index in [1.54, 1.807) is 6.07 Å². The minimum Gasteiger partial charge on any atom is -0.491 e. The zero-order valence-electron chi connectivity index (χ0n) is 25.0. The molecule has 0 saturated heterocycles. The van der Waals surface area contributed by atoms with Crippen molar-refractivity contribution in [1.82, 2.24) is 23.4 Å². The maximum atomic E-state index is 13.4. The van der Waals surface area contributed by atoms with E-state index in [-0.39, 0.29) is 6.04 Å². The lowest BCUT2D eigenvalue weighted by atomic mass is 9.81. The number of para-hydroxylation sites is 1. The molecule has 10 heteroatoms. The van der Waals surface area contributed by atoms with Crippen LogP contribution in [0.4, 0.5) is 0 Å². The van der Waals surface area contributed by atoms with E-state index in [0.29, 0.717) is 37.7 Å². The van der Waals surface area contributed by atoms with Crippen molar-refractivity contribution < 1.29 is 17.9 Å². The molecule has 1 aliphatic carbocycles. The maximum Gasteiger partial charge on any atom is 0.303 e. The molecule has 1 aromatic heterocycles. The molecule has 0 unspecified atom stereocenters. The average Bonchev–Trinajstić information content (AvgIpc) is 3.30. The zero-order valence-corrected chi connectivity index (χ0v) is 25.8. The highest BCUT2D eigenvalue weighted by Gasteiger charge is 2.32. The molecule has 0 spiro atoms. The minimum absolute atomic E-state index is 0.110. The lowest BCUT2D eigenvalue weighted by Crippen LogP contribution is -2.47. The van der Waals surface area contributed by atoms with Gasteiger partial charge in [-0.2, -0.15) is 12.7 Å². The number of ether oxygens (including phenoxy) is 1. The smallest absolute Gasteiger partial charge is 0.303 e. The fourth-order valence-electron chi connectivity index (χ4n) is 6.87. The summed E-state index contributed by atoms with van der Waals surface area (Å²) in [6.07, 6.45) is 5.95. The summed E-state index contributed by atoms with van der Waals surface area (Å²) in [7, 11) is -0.313. The van der Waals surface area contributed by atoms with Gasteiger partial charge < -0.3 is 14.2 Å². The van der Waals surface area contributed by atoms with Gasteiger partial charge in [0.05, 0.1) is 11.7 Å². The molecule has 4 bridgehead atoms. The van der Waals surface area contributed by atoms with Crippen LogP contribution >= 0.6 is 0 Å². The highest BCUT2D eigenvalue weighted by atomic mass is 32.2. The van der Waals surface area contributed by atoms with E-state index in [1.807, 2.05) is 18.2 Å². The van der Waals surface area contributed by atoms with Crippen molar-refractivity contribution >= 4 is 27.0 Å². The normalized spacial score (nSPS) is 23.3. The van der Waals surface area contributed by atoms with Crippen molar-refractivity contribution in [3.05, 3.63) is 53.6 Å².